The highest BCUT2D eigenvalue weighted by Crippen LogP contribution is 2.07. The van der Waals surface area contributed by atoms with E-state index in [9.17, 15) is 0 Å². The van der Waals surface area contributed by atoms with Crippen LogP contribution in [-0.4, -0.2) is 41.8 Å². The zero-order valence-electron chi connectivity index (χ0n) is 9.67. The van der Waals surface area contributed by atoms with Crippen LogP contribution in [0.15, 0.2) is 0 Å². The quantitative estimate of drug-likeness (QED) is 0.458. The molecule has 14 heavy (non-hydrogen) atoms. The summed E-state index contributed by atoms with van der Waals surface area (Å²) in [6.07, 6.45) is 3.99. The standard InChI is InChI=1S/C11H25NS2/c1-3-12(4-2)8-11-14-10-7-5-6-9-13/h13H,3-11H2,1-2H3. The molecule has 0 amide bonds. The van der Waals surface area contributed by atoms with Gasteiger partial charge in [0.2, 0.25) is 0 Å². The van der Waals surface area contributed by atoms with Gasteiger partial charge in [0.15, 0.2) is 0 Å². The minimum atomic E-state index is 1.05. The van der Waals surface area contributed by atoms with Crippen LogP contribution < -0.4 is 0 Å². The van der Waals surface area contributed by atoms with Gasteiger partial charge in [-0.15, -0.1) is 0 Å². The lowest BCUT2D eigenvalue weighted by atomic mass is 10.3. The Hall–Kier alpha value is 0.660. The molecule has 0 aromatic rings. The van der Waals surface area contributed by atoms with E-state index in [1.54, 1.807) is 0 Å². The molecule has 0 bridgehead atoms. The van der Waals surface area contributed by atoms with E-state index in [4.69, 9.17) is 0 Å². The zero-order valence-corrected chi connectivity index (χ0v) is 11.4. The van der Waals surface area contributed by atoms with Crippen molar-refractivity contribution in [3.05, 3.63) is 0 Å². The normalized spacial score (nSPS) is 11.1. The number of hydrogen-bond donors (Lipinski definition) is 1. The van der Waals surface area contributed by atoms with Gasteiger partial charge in [0.25, 0.3) is 0 Å². The maximum Gasteiger partial charge on any atom is 0.00721 e. The maximum atomic E-state index is 4.20. The van der Waals surface area contributed by atoms with Crippen LogP contribution in [-0.2, 0) is 0 Å². The first-order chi connectivity index (χ1) is 6.85. The topological polar surface area (TPSA) is 3.24 Å². The average Bonchev–Trinajstić information content (AvgIpc) is 2.22. The third-order valence-electron chi connectivity index (χ3n) is 2.39. The molecule has 0 rings (SSSR count). The second-order valence-electron chi connectivity index (χ2n) is 3.42. The van der Waals surface area contributed by atoms with Crippen molar-refractivity contribution in [2.75, 3.05) is 36.9 Å². The Morgan fingerprint density at radius 2 is 1.71 bits per heavy atom. The van der Waals surface area contributed by atoms with Gasteiger partial charge in [-0.3, -0.25) is 0 Å². The van der Waals surface area contributed by atoms with E-state index < -0.39 is 0 Å². The first-order valence-electron chi connectivity index (χ1n) is 5.76. The van der Waals surface area contributed by atoms with Crippen LogP contribution >= 0.6 is 24.4 Å². The average molecular weight is 235 g/mol. The van der Waals surface area contributed by atoms with Crippen molar-refractivity contribution in [2.24, 2.45) is 0 Å². The second-order valence-corrected chi connectivity index (χ2v) is 5.10. The number of thiol groups is 1. The Morgan fingerprint density at radius 1 is 1.00 bits per heavy atom. The van der Waals surface area contributed by atoms with Crippen LogP contribution in [0.4, 0.5) is 0 Å². The number of nitrogens with zero attached hydrogens (tertiary/aromatic N) is 1. The van der Waals surface area contributed by atoms with Crippen molar-refractivity contribution in [3.8, 4) is 0 Å². The van der Waals surface area contributed by atoms with Crippen molar-refractivity contribution in [3.63, 3.8) is 0 Å². The fourth-order valence-electron chi connectivity index (χ4n) is 1.33. The highest BCUT2D eigenvalue weighted by Gasteiger charge is 1.97. The zero-order chi connectivity index (χ0) is 10.6. The highest BCUT2D eigenvalue weighted by atomic mass is 32.2. The third-order valence-corrected chi connectivity index (χ3v) is 3.76. The molecule has 0 atom stereocenters. The summed E-state index contributed by atoms with van der Waals surface area (Å²) in [5, 5.41) is 0. The largest absolute Gasteiger partial charge is 0.303 e. The lowest BCUT2D eigenvalue weighted by molar-refractivity contribution is 0.324. The van der Waals surface area contributed by atoms with Gasteiger partial charge in [-0.25, -0.2) is 0 Å². The summed E-state index contributed by atoms with van der Waals surface area (Å²) >= 11 is 6.30. The van der Waals surface area contributed by atoms with Gasteiger partial charge in [-0.2, -0.15) is 24.4 Å². The first kappa shape index (κ1) is 14.7. The predicted molar refractivity (Wildman–Crippen MR) is 72.8 cm³/mol. The van der Waals surface area contributed by atoms with E-state index in [2.05, 4.69) is 43.1 Å². The minimum Gasteiger partial charge on any atom is -0.303 e. The Labute approximate surface area is 99.4 Å². The summed E-state index contributed by atoms with van der Waals surface area (Å²) in [5.41, 5.74) is 0. The Morgan fingerprint density at radius 3 is 2.29 bits per heavy atom. The summed E-state index contributed by atoms with van der Waals surface area (Å²) in [7, 11) is 0. The summed E-state index contributed by atoms with van der Waals surface area (Å²) in [4.78, 5) is 2.49. The molecule has 0 unspecified atom stereocenters. The van der Waals surface area contributed by atoms with E-state index in [-0.39, 0.29) is 0 Å². The van der Waals surface area contributed by atoms with Gasteiger partial charge in [0.05, 0.1) is 0 Å². The molecule has 0 aromatic carbocycles. The molecule has 1 nitrogen and oxygen atoms in total. The SMILES string of the molecule is CCN(CC)CCSCCCCCS. The van der Waals surface area contributed by atoms with Gasteiger partial charge >= 0.3 is 0 Å². The highest BCUT2D eigenvalue weighted by molar-refractivity contribution is 7.99. The Kier molecular flexibility index (Phi) is 12.3. The van der Waals surface area contributed by atoms with Crippen LogP contribution in [0.3, 0.4) is 0 Å². The molecule has 0 radical (unpaired) electrons. The van der Waals surface area contributed by atoms with Crippen LogP contribution in [0.5, 0.6) is 0 Å². The van der Waals surface area contributed by atoms with Gasteiger partial charge in [0, 0.05) is 12.3 Å². The third kappa shape index (κ3) is 9.22. The lowest BCUT2D eigenvalue weighted by Gasteiger charge is -2.17. The van der Waals surface area contributed by atoms with Crippen LogP contribution in [0.1, 0.15) is 33.1 Å². The first-order valence-corrected chi connectivity index (χ1v) is 7.54. The lowest BCUT2D eigenvalue weighted by Crippen LogP contribution is -2.25. The van der Waals surface area contributed by atoms with Crippen molar-refractivity contribution in [2.45, 2.75) is 33.1 Å². The van der Waals surface area contributed by atoms with E-state index in [0.717, 1.165) is 5.75 Å². The van der Waals surface area contributed by atoms with Crippen molar-refractivity contribution >= 4 is 24.4 Å². The molecule has 0 aliphatic heterocycles. The van der Waals surface area contributed by atoms with Gasteiger partial charge in [0.1, 0.15) is 0 Å². The smallest absolute Gasteiger partial charge is 0.00721 e. The molecule has 0 saturated heterocycles. The molecule has 3 heteroatoms. The second kappa shape index (κ2) is 11.7. The van der Waals surface area contributed by atoms with Crippen molar-refractivity contribution in [1.82, 2.24) is 4.90 Å². The molecule has 0 N–H and O–H groups in total. The maximum absolute atomic E-state index is 4.20. The van der Waals surface area contributed by atoms with Crippen molar-refractivity contribution < 1.29 is 0 Å². The van der Waals surface area contributed by atoms with E-state index in [1.165, 1.54) is 50.4 Å². The van der Waals surface area contributed by atoms with Crippen LogP contribution in [0.25, 0.3) is 0 Å². The molecular weight excluding hydrogens is 210 g/mol. The summed E-state index contributed by atoms with van der Waals surface area (Å²) in [5.74, 6) is 3.67. The monoisotopic (exact) mass is 235 g/mol. The summed E-state index contributed by atoms with van der Waals surface area (Å²) in [6.45, 7) is 8.11. The number of thioether (sulfide) groups is 1. The molecular formula is C11H25NS2. The fraction of sp³-hybridized carbons (Fsp3) is 1.00. The van der Waals surface area contributed by atoms with Gasteiger partial charge in [-0.1, -0.05) is 20.3 Å². The molecule has 0 spiro atoms. The number of hydrogen-bond acceptors (Lipinski definition) is 3. The summed E-state index contributed by atoms with van der Waals surface area (Å²) < 4.78 is 0. The van der Waals surface area contributed by atoms with E-state index in [0.29, 0.717) is 0 Å². The van der Waals surface area contributed by atoms with Crippen LogP contribution in [0, 0.1) is 0 Å². The van der Waals surface area contributed by atoms with Gasteiger partial charge in [-0.05, 0) is 37.4 Å². The van der Waals surface area contributed by atoms with Gasteiger partial charge < -0.3 is 4.90 Å². The molecule has 0 fully saturated rings. The van der Waals surface area contributed by atoms with Crippen LogP contribution in [0.2, 0.25) is 0 Å². The molecule has 0 aliphatic carbocycles. The molecule has 0 aliphatic rings. The number of unbranched alkanes of at least 4 members (excludes halogenated alkanes) is 2. The predicted octanol–water partition coefficient (Wildman–Crippen LogP) is 3.16. The number of rotatable bonds is 10. The van der Waals surface area contributed by atoms with E-state index >= 15 is 0 Å². The molecule has 0 saturated carbocycles. The minimum absolute atomic E-state index is 1.05. The Balaban J connectivity index is 3.04. The van der Waals surface area contributed by atoms with Crippen molar-refractivity contribution in [1.29, 1.82) is 0 Å². The summed E-state index contributed by atoms with van der Waals surface area (Å²) in [6, 6.07) is 0. The molecule has 86 valence electrons. The Bertz CT molecular complexity index is 105. The molecule has 0 aromatic heterocycles. The molecule has 0 heterocycles. The fourth-order valence-corrected chi connectivity index (χ4v) is 2.55. The van der Waals surface area contributed by atoms with E-state index in [1.807, 2.05) is 0 Å².